The zero-order valence-corrected chi connectivity index (χ0v) is 15.3. The lowest BCUT2D eigenvalue weighted by Gasteiger charge is -2.30. The van der Waals surface area contributed by atoms with Gasteiger partial charge in [0.05, 0.1) is 0 Å². The van der Waals surface area contributed by atoms with Crippen LogP contribution in [-0.2, 0) is 0 Å². The Morgan fingerprint density at radius 1 is 1.14 bits per heavy atom. The highest BCUT2D eigenvalue weighted by atomic mass is 19.1. The van der Waals surface area contributed by atoms with Crippen LogP contribution < -0.4 is 0 Å². The highest BCUT2D eigenvalue weighted by Crippen LogP contribution is 2.38. The van der Waals surface area contributed by atoms with Crippen LogP contribution in [0.4, 0.5) is 4.39 Å². The minimum absolute atomic E-state index is 0.0406. The van der Waals surface area contributed by atoms with Gasteiger partial charge in [0.2, 0.25) is 0 Å². The topological polar surface area (TPSA) is 0 Å². The maximum absolute atomic E-state index is 13.7. The molecule has 0 N–H and O–H groups in total. The quantitative estimate of drug-likeness (QED) is 0.537. The van der Waals surface area contributed by atoms with E-state index in [1.807, 2.05) is 26.8 Å². The van der Waals surface area contributed by atoms with Crippen LogP contribution in [0.15, 0.2) is 18.2 Å². The molecule has 0 spiro atoms. The van der Waals surface area contributed by atoms with Crippen molar-refractivity contribution >= 4 is 0 Å². The normalized spacial score (nSPS) is 22.6. The Kier molecular flexibility index (Phi) is 8.75. The summed E-state index contributed by atoms with van der Waals surface area (Å²) in [7, 11) is 0. The average molecular weight is 307 g/mol. The first-order chi connectivity index (χ1) is 10.6. The van der Waals surface area contributed by atoms with Crippen molar-refractivity contribution in [2.75, 3.05) is 0 Å². The summed E-state index contributed by atoms with van der Waals surface area (Å²) in [6.45, 7) is 10.5. The molecule has 1 aromatic carbocycles. The summed E-state index contributed by atoms with van der Waals surface area (Å²) in [6.07, 6.45) is 9.20. The van der Waals surface area contributed by atoms with Crippen LogP contribution in [0.2, 0.25) is 0 Å². The summed E-state index contributed by atoms with van der Waals surface area (Å²) < 4.78 is 13.7. The molecule has 1 aliphatic carbocycles. The van der Waals surface area contributed by atoms with Crippen molar-refractivity contribution in [2.45, 2.75) is 85.5 Å². The van der Waals surface area contributed by atoms with Gasteiger partial charge in [-0.2, -0.15) is 0 Å². The summed E-state index contributed by atoms with van der Waals surface area (Å²) in [5, 5.41) is 0. The molecule has 0 saturated heterocycles. The predicted molar refractivity (Wildman–Crippen MR) is 95.9 cm³/mol. The molecule has 0 radical (unpaired) electrons. The summed E-state index contributed by atoms with van der Waals surface area (Å²) >= 11 is 0. The molecule has 0 heterocycles. The summed E-state index contributed by atoms with van der Waals surface area (Å²) in [6, 6.07) is 5.82. The van der Waals surface area contributed by atoms with Crippen LogP contribution in [0.25, 0.3) is 0 Å². The highest BCUT2D eigenvalue weighted by molar-refractivity contribution is 5.26. The van der Waals surface area contributed by atoms with Gasteiger partial charge >= 0.3 is 0 Å². The molecule has 0 amide bonds. The van der Waals surface area contributed by atoms with Gasteiger partial charge in [0.25, 0.3) is 0 Å². The number of halogens is 1. The Morgan fingerprint density at radius 2 is 1.77 bits per heavy atom. The average Bonchev–Trinajstić information content (AvgIpc) is 2.53. The smallest absolute Gasteiger partial charge is 0.126 e. The van der Waals surface area contributed by atoms with Crippen molar-refractivity contribution in [2.24, 2.45) is 11.8 Å². The molecular weight excluding hydrogens is 271 g/mol. The van der Waals surface area contributed by atoms with E-state index in [1.54, 1.807) is 6.07 Å². The molecule has 1 saturated carbocycles. The number of hydrogen-bond acceptors (Lipinski definition) is 0. The second kappa shape index (κ2) is 10.0. The van der Waals surface area contributed by atoms with Gasteiger partial charge in [0.1, 0.15) is 5.82 Å². The molecule has 22 heavy (non-hydrogen) atoms. The summed E-state index contributed by atoms with van der Waals surface area (Å²) in [5.74, 6) is 2.32. The summed E-state index contributed by atoms with van der Waals surface area (Å²) in [4.78, 5) is 0. The SMILES string of the molecule is CC.CCCC(C)CC1CCC(c2ccc(C)c(F)c2)CC1. The van der Waals surface area contributed by atoms with E-state index in [1.165, 1.54) is 50.5 Å². The van der Waals surface area contributed by atoms with Crippen molar-refractivity contribution in [3.05, 3.63) is 35.1 Å². The standard InChI is InChI=1S/C19H29F.C2H6/c1-4-5-14(2)12-16-7-10-17(11-8-16)18-9-6-15(3)19(20)13-18;1-2/h6,9,13-14,16-17H,4-5,7-8,10-12H2,1-3H3;1-2H3. The monoisotopic (exact) mass is 306 g/mol. The third kappa shape index (κ3) is 5.74. The first-order valence-corrected chi connectivity index (χ1v) is 9.36. The molecule has 0 nitrogen and oxygen atoms in total. The lowest BCUT2D eigenvalue weighted by molar-refractivity contribution is 0.269. The molecule has 0 aliphatic heterocycles. The Bertz CT molecular complexity index is 416. The fraction of sp³-hybridized carbons (Fsp3) is 0.714. The second-order valence-electron chi connectivity index (χ2n) is 6.86. The molecule has 126 valence electrons. The van der Waals surface area contributed by atoms with Crippen LogP contribution >= 0.6 is 0 Å². The molecule has 1 heteroatoms. The fourth-order valence-electron chi connectivity index (χ4n) is 3.77. The third-order valence-corrected chi connectivity index (χ3v) is 5.03. The third-order valence-electron chi connectivity index (χ3n) is 5.03. The van der Waals surface area contributed by atoms with E-state index in [0.717, 1.165) is 17.4 Å². The summed E-state index contributed by atoms with van der Waals surface area (Å²) in [5.41, 5.74) is 1.98. The second-order valence-corrected chi connectivity index (χ2v) is 6.86. The Labute approximate surface area is 137 Å². The molecule has 0 aromatic heterocycles. The van der Waals surface area contributed by atoms with E-state index in [2.05, 4.69) is 19.9 Å². The molecule has 1 aliphatic rings. The number of rotatable bonds is 5. The van der Waals surface area contributed by atoms with Crippen LogP contribution in [0.1, 0.15) is 89.7 Å². The number of hydrogen-bond donors (Lipinski definition) is 0. The molecule has 2 rings (SSSR count). The number of aryl methyl sites for hydroxylation is 1. The Hall–Kier alpha value is -0.850. The Balaban J connectivity index is 0.00000116. The molecule has 1 fully saturated rings. The van der Waals surface area contributed by atoms with E-state index in [9.17, 15) is 4.39 Å². The highest BCUT2D eigenvalue weighted by Gasteiger charge is 2.23. The van der Waals surface area contributed by atoms with Gasteiger partial charge in [-0.1, -0.05) is 52.7 Å². The van der Waals surface area contributed by atoms with E-state index >= 15 is 0 Å². The first kappa shape index (κ1) is 19.2. The van der Waals surface area contributed by atoms with Crippen LogP contribution in [-0.4, -0.2) is 0 Å². The molecule has 1 unspecified atom stereocenters. The maximum Gasteiger partial charge on any atom is 0.126 e. The van der Waals surface area contributed by atoms with Crippen molar-refractivity contribution in [3.63, 3.8) is 0 Å². The van der Waals surface area contributed by atoms with E-state index in [-0.39, 0.29) is 5.82 Å². The Morgan fingerprint density at radius 3 is 2.32 bits per heavy atom. The van der Waals surface area contributed by atoms with Crippen LogP contribution in [0.5, 0.6) is 0 Å². The minimum Gasteiger partial charge on any atom is -0.207 e. The van der Waals surface area contributed by atoms with Crippen molar-refractivity contribution in [1.82, 2.24) is 0 Å². The van der Waals surface area contributed by atoms with Crippen molar-refractivity contribution in [1.29, 1.82) is 0 Å². The van der Waals surface area contributed by atoms with Gasteiger partial charge in [-0.05, 0) is 74.0 Å². The predicted octanol–water partition coefficient (Wildman–Crippen LogP) is 7.26. The van der Waals surface area contributed by atoms with E-state index < -0.39 is 0 Å². The van der Waals surface area contributed by atoms with E-state index in [4.69, 9.17) is 0 Å². The van der Waals surface area contributed by atoms with Gasteiger partial charge in [-0.25, -0.2) is 4.39 Å². The van der Waals surface area contributed by atoms with Gasteiger partial charge in [-0.15, -0.1) is 0 Å². The largest absolute Gasteiger partial charge is 0.207 e. The maximum atomic E-state index is 13.7. The van der Waals surface area contributed by atoms with Crippen molar-refractivity contribution in [3.8, 4) is 0 Å². The van der Waals surface area contributed by atoms with Crippen molar-refractivity contribution < 1.29 is 4.39 Å². The molecular formula is C21H35F. The number of benzene rings is 1. The zero-order valence-electron chi connectivity index (χ0n) is 15.3. The first-order valence-electron chi connectivity index (χ1n) is 9.36. The molecule has 1 aromatic rings. The molecule has 1 atom stereocenters. The molecule has 0 bridgehead atoms. The van der Waals surface area contributed by atoms with Crippen LogP contribution in [0, 0.1) is 24.6 Å². The van der Waals surface area contributed by atoms with Gasteiger partial charge in [0.15, 0.2) is 0 Å². The zero-order chi connectivity index (χ0) is 16.5. The lowest BCUT2D eigenvalue weighted by atomic mass is 9.75. The van der Waals surface area contributed by atoms with E-state index in [0.29, 0.717) is 5.92 Å². The van der Waals surface area contributed by atoms with Gasteiger partial charge in [0, 0.05) is 0 Å². The fourth-order valence-corrected chi connectivity index (χ4v) is 3.77. The van der Waals surface area contributed by atoms with Gasteiger partial charge in [-0.3, -0.25) is 0 Å². The minimum atomic E-state index is -0.0406. The van der Waals surface area contributed by atoms with Crippen LogP contribution in [0.3, 0.4) is 0 Å². The lowest BCUT2D eigenvalue weighted by Crippen LogP contribution is -2.16. The van der Waals surface area contributed by atoms with Gasteiger partial charge < -0.3 is 0 Å².